The predicted molar refractivity (Wildman–Crippen MR) is 72.9 cm³/mol. The maximum Gasteiger partial charge on any atom is 0.0602 e. The van der Waals surface area contributed by atoms with Crippen LogP contribution in [-0.4, -0.2) is 13.1 Å². The predicted octanol–water partition coefficient (Wildman–Crippen LogP) is 3.45. The summed E-state index contributed by atoms with van der Waals surface area (Å²) in [6, 6.07) is 6.62. The maximum atomic E-state index is 6.03. The van der Waals surface area contributed by atoms with E-state index in [4.69, 9.17) is 5.73 Å². The molecule has 0 aliphatic rings. The summed E-state index contributed by atoms with van der Waals surface area (Å²) >= 11 is 0. The Balaban J connectivity index is 3.05. The summed E-state index contributed by atoms with van der Waals surface area (Å²) < 4.78 is 0. The SMILES string of the molecule is Cc1ccc(N)c(N(C)C(C)C(C)(C)C)c1. The second-order valence-corrected chi connectivity index (χ2v) is 5.72. The van der Waals surface area contributed by atoms with Crippen molar-refractivity contribution in [2.24, 2.45) is 5.41 Å². The molecule has 1 aromatic rings. The summed E-state index contributed by atoms with van der Waals surface area (Å²) in [7, 11) is 2.11. The third kappa shape index (κ3) is 2.69. The number of nitrogens with two attached hydrogens (primary N) is 1. The van der Waals surface area contributed by atoms with Gasteiger partial charge in [-0.2, -0.15) is 0 Å². The minimum atomic E-state index is 0.241. The van der Waals surface area contributed by atoms with E-state index in [1.165, 1.54) is 5.56 Å². The lowest BCUT2D eigenvalue weighted by molar-refractivity contribution is 0.330. The highest BCUT2D eigenvalue weighted by atomic mass is 15.1. The molecule has 0 aliphatic heterocycles. The van der Waals surface area contributed by atoms with Crippen LogP contribution in [0.1, 0.15) is 33.3 Å². The Labute approximate surface area is 99.5 Å². The number of hydrogen-bond acceptors (Lipinski definition) is 2. The van der Waals surface area contributed by atoms with Crippen LogP contribution in [0.5, 0.6) is 0 Å². The van der Waals surface area contributed by atoms with Gasteiger partial charge in [-0.25, -0.2) is 0 Å². The molecule has 2 nitrogen and oxygen atoms in total. The lowest BCUT2D eigenvalue weighted by atomic mass is 9.87. The van der Waals surface area contributed by atoms with Crippen molar-refractivity contribution in [3.05, 3.63) is 23.8 Å². The molecular formula is C14H24N2. The van der Waals surface area contributed by atoms with Gasteiger partial charge in [-0.15, -0.1) is 0 Å². The average molecular weight is 220 g/mol. The van der Waals surface area contributed by atoms with Gasteiger partial charge in [0.05, 0.1) is 11.4 Å². The van der Waals surface area contributed by atoms with E-state index in [0.29, 0.717) is 6.04 Å². The van der Waals surface area contributed by atoms with Crippen molar-refractivity contribution in [3.8, 4) is 0 Å². The fourth-order valence-corrected chi connectivity index (χ4v) is 1.75. The lowest BCUT2D eigenvalue weighted by Gasteiger charge is -2.37. The van der Waals surface area contributed by atoms with Crippen molar-refractivity contribution in [1.82, 2.24) is 0 Å². The Morgan fingerprint density at radius 1 is 1.25 bits per heavy atom. The van der Waals surface area contributed by atoms with Gasteiger partial charge in [-0.1, -0.05) is 26.8 Å². The second-order valence-electron chi connectivity index (χ2n) is 5.72. The number of nitrogen functional groups attached to an aromatic ring is 1. The van der Waals surface area contributed by atoms with Crippen LogP contribution < -0.4 is 10.6 Å². The fourth-order valence-electron chi connectivity index (χ4n) is 1.75. The molecule has 0 heterocycles. The first-order valence-corrected chi connectivity index (χ1v) is 5.82. The van der Waals surface area contributed by atoms with Crippen LogP contribution in [0.2, 0.25) is 0 Å². The van der Waals surface area contributed by atoms with E-state index >= 15 is 0 Å². The molecule has 0 aromatic heterocycles. The van der Waals surface area contributed by atoms with E-state index in [0.717, 1.165) is 11.4 Å². The normalized spacial score (nSPS) is 13.6. The summed E-state index contributed by atoms with van der Waals surface area (Å²) in [5.41, 5.74) is 9.50. The first kappa shape index (κ1) is 12.9. The quantitative estimate of drug-likeness (QED) is 0.773. The Bertz CT molecular complexity index is 363. The zero-order valence-electron chi connectivity index (χ0n) is 11.3. The Morgan fingerprint density at radius 2 is 1.81 bits per heavy atom. The molecular weight excluding hydrogens is 196 g/mol. The maximum absolute atomic E-state index is 6.03. The molecule has 0 fully saturated rings. The van der Waals surface area contributed by atoms with Gasteiger partial charge < -0.3 is 10.6 Å². The van der Waals surface area contributed by atoms with Crippen molar-refractivity contribution in [2.75, 3.05) is 17.7 Å². The third-order valence-electron chi connectivity index (χ3n) is 3.40. The summed E-state index contributed by atoms with van der Waals surface area (Å²) in [5.74, 6) is 0. The molecule has 90 valence electrons. The largest absolute Gasteiger partial charge is 0.397 e. The van der Waals surface area contributed by atoms with Gasteiger partial charge in [0.25, 0.3) is 0 Å². The molecule has 0 aliphatic carbocycles. The van der Waals surface area contributed by atoms with Crippen LogP contribution in [0.15, 0.2) is 18.2 Å². The molecule has 0 saturated carbocycles. The van der Waals surface area contributed by atoms with Gasteiger partial charge in [0.1, 0.15) is 0 Å². The number of hydrogen-bond donors (Lipinski definition) is 1. The molecule has 0 bridgehead atoms. The molecule has 2 N–H and O–H groups in total. The molecule has 0 saturated heterocycles. The van der Waals surface area contributed by atoms with Crippen molar-refractivity contribution in [3.63, 3.8) is 0 Å². The minimum absolute atomic E-state index is 0.241. The van der Waals surface area contributed by atoms with E-state index in [1.807, 2.05) is 6.07 Å². The van der Waals surface area contributed by atoms with Crippen LogP contribution in [0.4, 0.5) is 11.4 Å². The standard InChI is InChI=1S/C14H24N2/c1-10-7-8-12(15)13(9-10)16(6)11(2)14(3,4)5/h7-9,11H,15H2,1-6H3. The van der Waals surface area contributed by atoms with E-state index in [-0.39, 0.29) is 5.41 Å². The first-order chi connectivity index (χ1) is 7.23. The number of nitrogens with zero attached hydrogens (tertiary/aromatic N) is 1. The zero-order valence-corrected chi connectivity index (χ0v) is 11.3. The van der Waals surface area contributed by atoms with E-state index < -0.39 is 0 Å². The van der Waals surface area contributed by atoms with E-state index in [2.05, 4.69) is 58.7 Å². The number of anilines is 2. The van der Waals surface area contributed by atoms with E-state index in [9.17, 15) is 0 Å². The summed E-state index contributed by atoms with van der Waals surface area (Å²) in [5, 5.41) is 0. The Morgan fingerprint density at radius 3 is 2.31 bits per heavy atom. The topological polar surface area (TPSA) is 29.3 Å². The van der Waals surface area contributed by atoms with Crippen molar-refractivity contribution in [1.29, 1.82) is 0 Å². The van der Waals surface area contributed by atoms with Gasteiger partial charge in [-0.05, 0) is 37.0 Å². The summed E-state index contributed by atoms with van der Waals surface area (Å²) in [6.07, 6.45) is 0. The van der Waals surface area contributed by atoms with Crippen molar-refractivity contribution in [2.45, 2.75) is 40.7 Å². The van der Waals surface area contributed by atoms with Crippen LogP contribution >= 0.6 is 0 Å². The molecule has 0 radical (unpaired) electrons. The lowest BCUT2D eigenvalue weighted by Crippen LogP contribution is -2.39. The highest BCUT2D eigenvalue weighted by molar-refractivity contribution is 5.68. The van der Waals surface area contributed by atoms with Crippen molar-refractivity contribution < 1.29 is 0 Å². The molecule has 0 spiro atoms. The van der Waals surface area contributed by atoms with Gasteiger partial charge in [-0.3, -0.25) is 0 Å². The van der Waals surface area contributed by atoms with Crippen LogP contribution in [0.3, 0.4) is 0 Å². The second kappa shape index (κ2) is 4.36. The molecule has 1 aromatic carbocycles. The van der Waals surface area contributed by atoms with Crippen LogP contribution in [0, 0.1) is 12.3 Å². The molecule has 16 heavy (non-hydrogen) atoms. The highest BCUT2D eigenvalue weighted by Gasteiger charge is 2.24. The smallest absolute Gasteiger partial charge is 0.0602 e. The number of rotatable bonds is 2. The number of aryl methyl sites for hydroxylation is 1. The third-order valence-corrected chi connectivity index (χ3v) is 3.40. The van der Waals surface area contributed by atoms with Crippen molar-refractivity contribution >= 4 is 11.4 Å². The van der Waals surface area contributed by atoms with E-state index in [1.54, 1.807) is 0 Å². The molecule has 1 unspecified atom stereocenters. The summed E-state index contributed by atoms with van der Waals surface area (Å²) in [6.45, 7) is 11.1. The van der Waals surface area contributed by atoms with Crippen LogP contribution in [0.25, 0.3) is 0 Å². The van der Waals surface area contributed by atoms with Gasteiger partial charge in [0, 0.05) is 13.1 Å². The van der Waals surface area contributed by atoms with Gasteiger partial charge in [0.2, 0.25) is 0 Å². The molecule has 0 amide bonds. The summed E-state index contributed by atoms with van der Waals surface area (Å²) in [4.78, 5) is 2.27. The molecule has 2 heteroatoms. The zero-order chi connectivity index (χ0) is 12.5. The van der Waals surface area contributed by atoms with Gasteiger partial charge in [0.15, 0.2) is 0 Å². The minimum Gasteiger partial charge on any atom is -0.397 e. The highest BCUT2D eigenvalue weighted by Crippen LogP contribution is 2.31. The molecule has 1 atom stereocenters. The Kier molecular flexibility index (Phi) is 3.51. The van der Waals surface area contributed by atoms with Gasteiger partial charge >= 0.3 is 0 Å². The molecule has 1 rings (SSSR count). The number of benzene rings is 1. The first-order valence-electron chi connectivity index (χ1n) is 5.82. The van der Waals surface area contributed by atoms with Crippen LogP contribution in [-0.2, 0) is 0 Å². The fraction of sp³-hybridized carbons (Fsp3) is 0.571. The monoisotopic (exact) mass is 220 g/mol. The Hall–Kier alpha value is -1.18. The average Bonchev–Trinajstić information content (AvgIpc) is 2.18.